The summed E-state index contributed by atoms with van der Waals surface area (Å²) in [6, 6.07) is 1.71. The first-order chi connectivity index (χ1) is 8.34. The second-order valence-electron chi connectivity index (χ2n) is 3.86. The third-order valence-corrected chi connectivity index (χ3v) is 5.89. The summed E-state index contributed by atoms with van der Waals surface area (Å²) in [4.78, 5) is 12.6. The fraction of sp³-hybridized carbons (Fsp3) is 0.400. The van der Waals surface area contributed by atoms with Gasteiger partial charge in [0.25, 0.3) is 5.91 Å². The van der Waals surface area contributed by atoms with Gasteiger partial charge in [0.15, 0.2) is 5.84 Å². The molecule has 1 amide bonds. The number of oxime groups is 1. The van der Waals surface area contributed by atoms with Crippen molar-refractivity contribution in [3.05, 3.63) is 19.2 Å². The van der Waals surface area contributed by atoms with Crippen molar-refractivity contribution in [3.63, 3.8) is 0 Å². The van der Waals surface area contributed by atoms with E-state index in [-0.39, 0.29) is 11.7 Å². The zero-order chi connectivity index (χ0) is 13.9. The van der Waals surface area contributed by atoms with Gasteiger partial charge in [-0.3, -0.25) is 4.79 Å². The average molecular weight is 399 g/mol. The maximum Gasteiger partial charge on any atom is 0.262 e. The number of carbonyl (C=O) groups excluding carboxylic acids is 1. The minimum Gasteiger partial charge on any atom is -0.409 e. The number of hydrogen-bond donors (Lipinski definition) is 3. The molecule has 18 heavy (non-hydrogen) atoms. The van der Waals surface area contributed by atoms with Gasteiger partial charge in [-0.25, -0.2) is 0 Å². The standard InChI is InChI=1S/C10H13Br2N3O2S/c1-3-10(2,9(13)15-17)14-8(16)6-4-5(11)7(12)18-6/h4,17H,3H2,1-2H3,(H2,13,15)(H,14,16). The van der Waals surface area contributed by atoms with Gasteiger partial charge in [-0.1, -0.05) is 12.1 Å². The second kappa shape index (κ2) is 6.03. The Kier molecular flexibility index (Phi) is 5.18. The van der Waals surface area contributed by atoms with E-state index in [4.69, 9.17) is 10.9 Å². The Labute approximate surface area is 126 Å². The van der Waals surface area contributed by atoms with Crippen molar-refractivity contribution in [2.75, 3.05) is 0 Å². The maximum absolute atomic E-state index is 12.1. The Balaban J connectivity index is 2.93. The molecule has 5 nitrogen and oxygen atoms in total. The van der Waals surface area contributed by atoms with Gasteiger partial charge in [0.1, 0.15) is 0 Å². The first kappa shape index (κ1) is 15.5. The number of nitrogens with one attached hydrogen (secondary N) is 1. The van der Waals surface area contributed by atoms with E-state index >= 15 is 0 Å². The van der Waals surface area contributed by atoms with Gasteiger partial charge in [-0.05, 0) is 51.3 Å². The normalized spacial score (nSPS) is 15.2. The minimum absolute atomic E-state index is 0.0203. The third kappa shape index (κ3) is 3.24. The molecule has 0 bridgehead atoms. The first-order valence-electron chi connectivity index (χ1n) is 5.09. The van der Waals surface area contributed by atoms with Gasteiger partial charge in [-0.2, -0.15) is 0 Å². The van der Waals surface area contributed by atoms with Crippen LogP contribution in [0.1, 0.15) is 29.9 Å². The third-order valence-electron chi connectivity index (χ3n) is 2.64. The van der Waals surface area contributed by atoms with E-state index in [1.165, 1.54) is 11.3 Å². The smallest absolute Gasteiger partial charge is 0.262 e. The summed E-state index contributed by atoms with van der Waals surface area (Å²) in [6.07, 6.45) is 0.516. The van der Waals surface area contributed by atoms with Gasteiger partial charge in [0, 0.05) is 4.47 Å². The predicted octanol–water partition coefficient (Wildman–Crippen LogP) is 2.92. The lowest BCUT2D eigenvalue weighted by molar-refractivity contribution is 0.0929. The minimum atomic E-state index is -0.866. The molecule has 0 fully saturated rings. The highest BCUT2D eigenvalue weighted by Gasteiger charge is 2.30. The molecular formula is C10H13Br2N3O2S. The number of nitrogens with two attached hydrogens (primary N) is 1. The van der Waals surface area contributed by atoms with Crippen LogP contribution in [-0.4, -0.2) is 22.5 Å². The van der Waals surface area contributed by atoms with Crippen molar-refractivity contribution in [1.29, 1.82) is 0 Å². The number of nitrogens with zero attached hydrogens (tertiary/aromatic N) is 1. The summed E-state index contributed by atoms with van der Waals surface area (Å²) in [5.41, 5.74) is 4.73. The fourth-order valence-corrected chi connectivity index (χ4v) is 3.15. The number of thiophene rings is 1. The van der Waals surface area contributed by atoms with Crippen molar-refractivity contribution in [3.8, 4) is 0 Å². The van der Waals surface area contributed by atoms with Crippen LogP contribution in [0.3, 0.4) is 0 Å². The van der Waals surface area contributed by atoms with Crippen LogP contribution in [0.25, 0.3) is 0 Å². The summed E-state index contributed by atoms with van der Waals surface area (Å²) < 4.78 is 1.66. The van der Waals surface area contributed by atoms with Gasteiger partial charge in [0.2, 0.25) is 0 Å². The van der Waals surface area contributed by atoms with E-state index in [2.05, 4.69) is 42.3 Å². The monoisotopic (exact) mass is 397 g/mol. The molecule has 1 heterocycles. The summed E-state index contributed by atoms with van der Waals surface area (Å²) in [5, 5.41) is 14.5. The van der Waals surface area contributed by atoms with E-state index in [0.29, 0.717) is 11.3 Å². The molecule has 0 aliphatic heterocycles. The van der Waals surface area contributed by atoms with Crippen LogP contribution in [0, 0.1) is 0 Å². The van der Waals surface area contributed by atoms with Crippen molar-refractivity contribution in [2.24, 2.45) is 10.9 Å². The number of amidine groups is 1. The lowest BCUT2D eigenvalue weighted by Crippen LogP contribution is -2.54. The number of amides is 1. The van der Waals surface area contributed by atoms with E-state index in [1.54, 1.807) is 13.0 Å². The maximum atomic E-state index is 12.1. The molecule has 0 radical (unpaired) electrons. The van der Waals surface area contributed by atoms with E-state index < -0.39 is 5.54 Å². The largest absolute Gasteiger partial charge is 0.409 e. The van der Waals surface area contributed by atoms with Crippen LogP contribution in [-0.2, 0) is 0 Å². The fourth-order valence-electron chi connectivity index (χ4n) is 1.21. The number of carbonyl (C=O) groups is 1. The van der Waals surface area contributed by atoms with E-state index in [1.807, 2.05) is 6.92 Å². The molecule has 1 atom stereocenters. The number of rotatable bonds is 4. The highest BCUT2D eigenvalue weighted by molar-refractivity contribution is 9.13. The van der Waals surface area contributed by atoms with Crippen LogP contribution in [0.15, 0.2) is 19.5 Å². The molecule has 0 aromatic carbocycles. The Morgan fingerprint density at radius 1 is 1.67 bits per heavy atom. The molecule has 100 valence electrons. The topological polar surface area (TPSA) is 87.7 Å². The molecule has 0 spiro atoms. The van der Waals surface area contributed by atoms with Gasteiger partial charge in [0.05, 0.1) is 14.2 Å². The first-order valence-corrected chi connectivity index (χ1v) is 7.49. The molecule has 0 saturated carbocycles. The molecule has 1 aromatic heterocycles. The SMILES string of the molecule is CCC(C)(NC(=O)c1cc(Br)c(Br)s1)C(N)=NO. The highest BCUT2D eigenvalue weighted by atomic mass is 79.9. The van der Waals surface area contributed by atoms with Crippen molar-refractivity contribution in [1.82, 2.24) is 5.32 Å². The Morgan fingerprint density at radius 2 is 2.28 bits per heavy atom. The Morgan fingerprint density at radius 3 is 2.67 bits per heavy atom. The van der Waals surface area contributed by atoms with Crippen molar-refractivity contribution in [2.45, 2.75) is 25.8 Å². The van der Waals surface area contributed by atoms with Crippen LogP contribution in [0.2, 0.25) is 0 Å². The molecule has 1 rings (SSSR count). The summed E-state index contributed by atoms with van der Waals surface area (Å²) in [5.74, 6) is -0.282. The lowest BCUT2D eigenvalue weighted by Gasteiger charge is -2.27. The Hall–Kier alpha value is -0.600. The van der Waals surface area contributed by atoms with Gasteiger partial charge in [-0.15, -0.1) is 11.3 Å². The second-order valence-corrected chi connectivity index (χ2v) is 7.08. The summed E-state index contributed by atoms with van der Waals surface area (Å²) >= 11 is 7.95. The molecule has 1 aromatic rings. The summed E-state index contributed by atoms with van der Waals surface area (Å²) in [6.45, 7) is 3.55. The molecule has 0 aliphatic carbocycles. The molecular weight excluding hydrogens is 386 g/mol. The van der Waals surface area contributed by atoms with Crippen LogP contribution >= 0.6 is 43.2 Å². The highest BCUT2D eigenvalue weighted by Crippen LogP contribution is 2.32. The Bertz CT molecular complexity index is 470. The van der Waals surface area contributed by atoms with Crippen molar-refractivity contribution < 1.29 is 10.0 Å². The molecule has 0 saturated heterocycles. The number of halogens is 2. The van der Waals surface area contributed by atoms with Crippen LogP contribution in [0.5, 0.6) is 0 Å². The zero-order valence-corrected chi connectivity index (χ0v) is 13.8. The van der Waals surface area contributed by atoms with Crippen LogP contribution < -0.4 is 11.1 Å². The number of hydrogen-bond acceptors (Lipinski definition) is 4. The van der Waals surface area contributed by atoms with E-state index in [0.717, 1.165) is 8.26 Å². The zero-order valence-electron chi connectivity index (χ0n) is 9.83. The summed E-state index contributed by atoms with van der Waals surface area (Å²) in [7, 11) is 0. The molecule has 0 aliphatic rings. The molecule has 4 N–H and O–H groups in total. The van der Waals surface area contributed by atoms with Gasteiger partial charge >= 0.3 is 0 Å². The predicted molar refractivity (Wildman–Crippen MR) is 79.3 cm³/mol. The van der Waals surface area contributed by atoms with Crippen LogP contribution in [0.4, 0.5) is 0 Å². The van der Waals surface area contributed by atoms with Gasteiger partial charge < -0.3 is 16.3 Å². The lowest BCUT2D eigenvalue weighted by atomic mass is 9.97. The quantitative estimate of drug-likeness (QED) is 0.315. The average Bonchev–Trinajstić information content (AvgIpc) is 2.68. The van der Waals surface area contributed by atoms with E-state index in [9.17, 15) is 4.79 Å². The molecule has 1 unspecified atom stereocenters. The van der Waals surface area contributed by atoms with Crippen molar-refractivity contribution >= 4 is 54.9 Å². The molecule has 8 heteroatoms.